The molecule has 66 valence electrons. The fourth-order valence-electron chi connectivity index (χ4n) is 0.915. The molecule has 1 aromatic rings. The molecule has 1 aliphatic heterocycles. The molecule has 0 N–H and O–H groups in total. The number of ether oxygens (including phenoxy) is 1. The average Bonchev–Trinajstić information content (AvgIpc) is 2.98. The van der Waals surface area contributed by atoms with Crippen molar-refractivity contribution in [2.24, 2.45) is 0 Å². The van der Waals surface area contributed by atoms with Gasteiger partial charge in [-0.25, -0.2) is 0 Å². The van der Waals surface area contributed by atoms with Gasteiger partial charge in [0.2, 0.25) is 0 Å². The summed E-state index contributed by atoms with van der Waals surface area (Å²) >= 11 is 0.428. The van der Waals surface area contributed by atoms with Crippen LogP contribution in [0.4, 0.5) is 0 Å². The SMILES string of the molecule is C(#Cc1ccccc1)[Se]CC1CO1. The predicted octanol–water partition coefficient (Wildman–Crippen LogP) is 1.52. The summed E-state index contributed by atoms with van der Waals surface area (Å²) in [7, 11) is 0. The molecule has 0 radical (unpaired) electrons. The first-order valence-electron chi connectivity index (χ1n) is 4.24. The molecule has 1 atom stereocenters. The summed E-state index contributed by atoms with van der Waals surface area (Å²) in [6, 6.07) is 10.1. The van der Waals surface area contributed by atoms with E-state index in [0.717, 1.165) is 17.5 Å². The van der Waals surface area contributed by atoms with E-state index in [2.05, 4.69) is 10.7 Å². The minimum atomic E-state index is 0.428. The van der Waals surface area contributed by atoms with Gasteiger partial charge in [-0.1, -0.05) is 0 Å². The summed E-state index contributed by atoms with van der Waals surface area (Å²) < 4.78 is 5.11. The van der Waals surface area contributed by atoms with Crippen LogP contribution in [0.25, 0.3) is 0 Å². The molecular formula is C11H10OSe. The topological polar surface area (TPSA) is 12.5 Å². The van der Waals surface area contributed by atoms with Crippen LogP contribution in [0.3, 0.4) is 0 Å². The Morgan fingerprint density at radius 2 is 2.15 bits per heavy atom. The van der Waals surface area contributed by atoms with E-state index in [0.29, 0.717) is 21.1 Å². The third kappa shape index (κ3) is 3.24. The Labute approximate surface area is 84.6 Å². The van der Waals surface area contributed by atoms with Crippen LogP contribution in [0.5, 0.6) is 0 Å². The molecule has 0 aromatic heterocycles. The fourth-order valence-corrected chi connectivity index (χ4v) is 2.28. The first kappa shape index (κ1) is 8.84. The van der Waals surface area contributed by atoms with Crippen molar-refractivity contribution < 1.29 is 4.74 Å². The van der Waals surface area contributed by atoms with Crippen LogP contribution in [0.1, 0.15) is 5.56 Å². The van der Waals surface area contributed by atoms with E-state index in [4.69, 9.17) is 4.74 Å². The van der Waals surface area contributed by atoms with Gasteiger partial charge in [-0.05, 0) is 0 Å². The van der Waals surface area contributed by atoms with Crippen LogP contribution in [-0.4, -0.2) is 27.7 Å². The molecule has 1 saturated heterocycles. The van der Waals surface area contributed by atoms with E-state index >= 15 is 0 Å². The van der Waals surface area contributed by atoms with Crippen LogP contribution in [0, 0.1) is 10.7 Å². The van der Waals surface area contributed by atoms with Crippen molar-refractivity contribution >= 4 is 15.0 Å². The van der Waals surface area contributed by atoms with Crippen LogP contribution in [-0.2, 0) is 4.74 Å². The average molecular weight is 237 g/mol. The second-order valence-electron chi connectivity index (χ2n) is 2.86. The molecule has 0 spiro atoms. The van der Waals surface area contributed by atoms with Gasteiger partial charge in [0, 0.05) is 0 Å². The predicted molar refractivity (Wildman–Crippen MR) is 53.6 cm³/mol. The number of benzene rings is 1. The molecular weight excluding hydrogens is 227 g/mol. The van der Waals surface area contributed by atoms with Crippen LogP contribution >= 0.6 is 0 Å². The first-order valence-corrected chi connectivity index (χ1v) is 6.31. The summed E-state index contributed by atoms with van der Waals surface area (Å²) in [6.45, 7) is 0.953. The minimum absolute atomic E-state index is 0.428. The molecule has 0 aliphatic carbocycles. The van der Waals surface area contributed by atoms with Gasteiger partial charge in [0.15, 0.2) is 0 Å². The first-order chi connectivity index (χ1) is 6.45. The number of epoxide rings is 1. The van der Waals surface area contributed by atoms with Crippen molar-refractivity contribution in [2.75, 3.05) is 6.61 Å². The molecule has 2 rings (SSSR count). The summed E-state index contributed by atoms with van der Waals surface area (Å²) in [6.07, 6.45) is 0.532. The fraction of sp³-hybridized carbons (Fsp3) is 0.273. The normalized spacial score (nSPS) is 18.9. The van der Waals surface area contributed by atoms with Crippen LogP contribution in [0.15, 0.2) is 30.3 Å². The molecule has 0 amide bonds. The molecule has 1 aromatic carbocycles. The number of rotatable bonds is 2. The van der Waals surface area contributed by atoms with Crippen molar-refractivity contribution in [3.63, 3.8) is 0 Å². The Balaban J connectivity index is 1.81. The van der Waals surface area contributed by atoms with E-state index in [1.807, 2.05) is 30.3 Å². The van der Waals surface area contributed by atoms with Gasteiger partial charge >= 0.3 is 84.4 Å². The zero-order valence-electron chi connectivity index (χ0n) is 7.19. The summed E-state index contributed by atoms with van der Waals surface area (Å²) in [4.78, 5) is 3.21. The Hall–Kier alpha value is -0.741. The monoisotopic (exact) mass is 238 g/mol. The number of hydrogen-bond acceptors (Lipinski definition) is 1. The maximum atomic E-state index is 5.11. The molecule has 1 heterocycles. The Morgan fingerprint density at radius 3 is 2.85 bits per heavy atom. The van der Waals surface area contributed by atoms with Crippen molar-refractivity contribution in [1.29, 1.82) is 0 Å². The Bertz CT molecular complexity index is 319. The van der Waals surface area contributed by atoms with Gasteiger partial charge in [-0.2, -0.15) is 0 Å². The third-order valence-corrected chi connectivity index (χ3v) is 3.36. The van der Waals surface area contributed by atoms with Crippen molar-refractivity contribution in [3.05, 3.63) is 35.9 Å². The standard InChI is InChI=1S/C11H10OSe/c1-2-4-10(5-3-1)6-7-13-9-11-8-12-11/h1-5,11H,8-9H2. The van der Waals surface area contributed by atoms with Crippen molar-refractivity contribution in [1.82, 2.24) is 0 Å². The van der Waals surface area contributed by atoms with Gasteiger partial charge in [-0.15, -0.1) is 0 Å². The number of hydrogen-bond donors (Lipinski definition) is 0. The zero-order chi connectivity index (χ0) is 8.93. The quantitative estimate of drug-likeness (QED) is 0.431. The van der Waals surface area contributed by atoms with E-state index in [1.54, 1.807) is 0 Å². The molecule has 2 heteroatoms. The third-order valence-electron chi connectivity index (χ3n) is 1.71. The van der Waals surface area contributed by atoms with Gasteiger partial charge in [0.1, 0.15) is 0 Å². The second-order valence-corrected chi connectivity index (χ2v) is 4.59. The molecule has 13 heavy (non-hydrogen) atoms. The molecule has 0 saturated carbocycles. The Kier molecular flexibility index (Phi) is 3.05. The van der Waals surface area contributed by atoms with Crippen molar-refractivity contribution in [2.45, 2.75) is 11.4 Å². The molecule has 1 unspecified atom stereocenters. The van der Waals surface area contributed by atoms with E-state index < -0.39 is 0 Å². The van der Waals surface area contributed by atoms with Gasteiger partial charge < -0.3 is 0 Å². The van der Waals surface area contributed by atoms with Gasteiger partial charge in [0.05, 0.1) is 0 Å². The van der Waals surface area contributed by atoms with Gasteiger partial charge in [-0.3, -0.25) is 0 Å². The summed E-state index contributed by atoms with van der Waals surface area (Å²) in [5, 5.41) is 1.15. The molecule has 1 aliphatic rings. The van der Waals surface area contributed by atoms with E-state index in [9.17, 15) is 0 Å². The van der Waals surface area contributed by atoms with Crippen molar-refractivity contribution in [3.8, 4) is 10.7 Å². The second kappa shape index (κ2) is 4.48. The molecule has 1 fully saturated rings. The zero-order valence-corrected chi connectivity index (χ0v) is 8.91. The maximum absolute atomic E-state index is 5.11. The summed E-state index contributed by atoms with van der Waals surface area (Å²) in [5.41, 5.74) is 1.11. The summed E-state index contributed by atoms with van der Waals surface area (Å²) in [5.74, 6) is 3.15. The molecule has 1 nitrogen and oxygen atoms in total. The van der Waals surface area contributed by atoms with Gasteiger partial charge in [0.25, 0.3) is 0 Å². The van der Waals surface area contributed by atoms with E-state index in [1.165, 1.54) is 0 Å². The van der Waals surface area contributed by atoms with Crippen LogP contribution < -0.4 is 0 Å². The van der Waals surface area contributed by atoms with E-state index in [-0.39, 0.29) is 0 Å². The van der Waals surface area contributed by atoms with Crippen LogP contribution in [0.2, 0.25) is 5.32 Å². The Morgan fingerprint density at radius 1 is 1.38 bits per heavy atom. The molecule has 0 bridgehead atoms.